The predicted octanol–water partition coefficient (Wildman–Crippen LogP) is 2.92. The smallest absolute Gasteiger partial charge is 0.0935 e. The van der Waals surface area contributed by atoms with E-state index in [2.05, 4.69) is 49.1 Å². The van der Waals surface area contributed by atoms with Crippen LogP contribution >= 0.6 is 11.3 Å². The minimum atomic E-state index is 0.995. The van der Waals surface area contributed by atoms with Crippen LogP contribution in [0.15, 0.2) is 18.2 Å². The van der Waals surface area contributed by atoms with Crippen molar-refractivity contribution >= 4 is 21.6 Å². The number of nitrogens with zero attached hydrogens (tertiary/aromatic N) is 2. The molecule has 2 aromatic rings. The number of benzene rings is 1. The monoisotopic (exact) mass is 220 g/mol. The van der Waals surface area contributed by atoms with Crippen LogP contribution in [0.25, 0.3) is 10.2 Å². The van der Waals surface area contributed by atoms with Gasteiger partial charge < -0.3 is 4.90 Å². The lowest BCUT2D eigenvalue weighted by molar-refractivity contribution is 0.403. The number of fused-ring (bicyclic) bond motifs is 1. The lowest BCUT2D eigenvalue weighted by atomic mass is 10.2. The van der Waals surface area contributed by atoms with E-state index in [-0.39, 0.29) is 0 Å². The van der Waals surface area contributed by atoms with Gasteiger partial charge in [0.15, 0.2) is 0 Å². The van der Waals surface area contributed by atoms with Gasteiger partial charge in [-0.3, -0.25) is 0 Å². The second-order valence-electron chi connectivity index (χ2n) is 4.00. The summed E-state index contributed by atoms with van der Waals surface area (Å²) < 4.78 is 1.31. The first-order valence-electron chi connectivity index (χ1n) is 5.22. The van der Waals surface area contributed by atoms with Crippen molar-refractivity contribution in [3.05, 3.63) is 28.8 Å². The van der Waals surface area contributed by atoms with Gasteiger partial charge in [0.2, 0.25) is 0 Å². The Bertz CT molecular complexity index is 460. The maximum Gasteiger partial charge on any atom is 0.0935 e. The van der Waals surface area contributed by atoms with E-state index in [1.807, 2.05) is 11.3 Å². The lowest BCUT2D eigenvalue weighted by Gasteiger charge is -2.08. The van der Waals surface area contributed by atoms with Crippen LogP contribution in [0.5, 0.6) is 0 Å². The topological polar surface area (TPSA) is 16.1 Å². The fraction of sp³-hybridized carbons (Fsp3) is 0.417. The van der Waals surface area contributed by atoms with Crippen molar-refractivity contribution in [2.75, 3.05) is 14.1 Å². The molecule has 0 aliphatic heterocycles. The quantitative estimate of drug-likeness (QED) is 0.790. The molecular weight excluding hydrogens is 204 g/mol. The minimum absolute atomic E-state index is 0.995. The molecule has 80 valence electrons. The van der Waals surface area contributed by atoms with Crippen molar-refractivity contribution in [3.8, 4) is 0 Å². The van der Waals surface area contributed by atoms with Crippen LogP contribution in [-0.4, -0.2) is 24.0 Å². The van der Waals surface area contributed by atoms with Gasteiger partial charge in [-0.05, 0) is 38.2 Å². The molecule has 0 N–H and O–H groups in total. The van der Waals surface area contributed by atoms with E-state index in [1.54, 1.807) is 0 Å². The van der Waals surface area contributed by atoms with Crippen LogP contribution in [0.4, 0.5) is 0 Å². The molecular formula is C12H16N2S. The van der Waals surface area contributed by atoms with Gasteiger partial charge in [-0.15, -0.1) is 11.3 Å². The Morgan fingerprint density at radius 1 is 1.33 bits per heavy atom. The summed E-state index contributed by atoms with van der Waals surface area (Å²) >= 11 is 1.81. The third kappa shape index (κ3) is 2.36. The van der Waals surface area contributed by atoms with Gasteiger partial charge in [-0.2, -0.15) is 0 Å². The summed E-state index contributed by atoms with van der Waals surface area (Å²) in [6, 6.07) is 6.55. The Labute approximate surface area is 94.6 Å². The van der Waals surface area contributed by atoms with Crippen LogP contribution < -0.4 is 0 Å². The van der Waals surface area contributed by atoms with E-state index in [4.69, 9.17) is 0 Å². The van der Waals surface area contributed by atoms with Gasteiger partial charge in [-0.1, -0.05) is 13.0 Å². The zero-order valence-corrected chi connectivity index (χ0v) is 10.3. The van der Waals surface area contributed by atoms with E-state index >= 15 is 0 Å². The molecule has 0 amide bonds. The summed E-state index contributed by atoms with van der Waals surface area (Å²) in [5.41, 5.74) is 2.50. The summed E-state index contributed by atoms with van der Waals surface area (Å²) in [5.74, 6) is 0. The van der Waals surface area contributed by atoms with E-state index in [1.165, 1.54) is 15.3 Å². The molecule has 2 rings (SSSR count). The molecule has 0 bridgehead atoms. The van der Waals surface area contributed by atoms with Gasteiger partial charge in [0.05, 0.1) is 15.2 Å². The highest BCUT2D eigenvalue weighted by Gasteiger charge is 2.03. The molecule has 0 unspecified atom stereocenters. The molecule has 2 nitrogen and oxygen atoms in total. The van der Waals surface area contributed by atoms with Gasteiger partial charge >= 0.3 is 0 Å². The first-order valence-corrected chi connectivity index (χ1v) is 6.03. The van der Waals surface area contributed by atoms with E-state index in [0.717, 1.165) is 18.5 Å². The number of hydrogen-bond acceptors (Lipinski definition) is 3. The fourth-order valence-corrected chi connectivity index (χ4v) is 2.60. The first kappa shape index (κ1) is 10.6. The van der Waals surface area contributed by atoms with Crippen LogP contribution in [0, 0.1) is 0 Å². The average molecular weight is 220 g/mol. The largest absolute Gasteiger partial charge is 0.305 e. The average Bonchev–Trinajstić information content (AvgIpc) is 2.58. The second-order valence-corrected chi connectivity index (χ2v) is 5.12. The lowest BCUT2D eigenvalue weighted by Crippen LogP contribution is -2.10. The standard InChI is InChI=1S/C12H16N2S/c1-4-12-13-10-6-5-9(8-14(2)3)7-11(10)15-12/h5-7H,4,8H2,1-3H3. The van der Waals surface area contributed by atoms with Gasteiger partial charge in [0.1, 0.15) is 0 Å². The van der Waals surface area contributed by atoms with Crippen LogP contribution in [0.1, 0.15) is 17.5 Å². The Kier molecular flexibility index (Phi) is 3.03. The molecule has 0 saturated heterocycles. The maximum atomic E-state index is 4.56. The third-order valence-electron chi connectivity index (χ3n) is 2.30. The summed E-state index contributed by atoms with van der Waals surface area (Å²) in [7, 11) is 4.18. The molecule has 0 radical (unpaired) electrons. The molecule has 0 aliphatic rings. The molecule has 0 aliphatic carbocycles. The number of aryl methyl sites for hydroxylation is 1. The van der Waals surface area contributed by atoms with Crippen LogP contribution in [0.3, 0.4) is 0 Å². The summed E-state index contributed by atoms with van der Waals surface area (Å²) in [6.45, 7) is 3.15. The SMILES string of the molecule is CCc1nc2ccc(CN(C)C)cc2s1. The van der Waals surface area contributed by atoms with E-state index in [9.17, 15) is 0 Å². The number of thiazole rings is 1. The maximum absolute atomic E-state index is 4.56. The molecule has 0 spiro atoms. The molecule has 0 saturated carbocycles. The van der Waals surface area contributed by atoms with Gasteiger partial charge in [0.25, 0.3) is 0 Å². The summed E-state index contributed by atoms with van der Waals surface area (Å²) in [5, 5.41) is 1.23. The van der Waals surface area contributed by atoms with Crippen molar-refractivity contribution in [3.63, 3.8) is 0 Å². The minimum Gasteiger partial charge on any atom is -0.305 e. The zero-order valence-electron chi connectivity index (χ0n) is 9.45. The second kappa shape index (κ2) is 4.29. The zero-order chi connectivity index (χ0) is 10.8. The summed E-state index contributed by atoms with van der Waals surface area (Å²) in [6.07, 6.45) is 1.03. The molecule has 0 atom stereocenters. The number of hydrogen-bond donors (Lipinski definition) is 0. The van der Waals surface area contributed by atoms with Crippen molar-refractivity contribution < 1.29 is 0 Å². The molecule has 15 heavy (non-hydrogen) atoms. The van der Waals surface area contributed by atoms with Crippen molar-refractivity contribution in [2.45, 2.75) is 19.9 Å². The highest BCUT2D eigenvalue weighted by Crippen LogP contribution is 2.23. The molecule has 1 aromatic carbocycles. The van der Waals surface area contributed by atoms with Crippen molar-refractivity contribution in [1.82, 2.24) is 9.88 Å². The summed E-state index contributed by atoms with van der Waals surface area (Å²) in [4.78, 5) is 6.74. The van der Waals surface area contributed by atoms with Crippen molar-refractivity contribution in [1.29, 1.82) is 0 Å². The van der Waals surface area contributed by atoms with Gasteiger partial charge in [-0.25, -0.2) is 4.98 Å². The van der Waals surface area contributed by atoms with E-state index in [0.29, 0.717) is 0 Å². The highest BCUT2D eigenvalue weighted by molar-refractivity contribution is 7.18. The normalized spacial score (nSPS) is 11.5. The Morgan fingerprint density at radius 2 is 2.13 bits per heavy atom. The Balaban J connectivity index is 2.37. The van der Waals surface area contributed by atoms with Crippen LogP contribution in [-0.2, 0) is 13.0 Å². The Hall–Kier alpha value is -0.930. The number of rotatable bonds is 3. The third-order valence-corrected chi connectivity index (χ3v) is 3.46. The predicted molar refractivity (Wildman–Crippen MR) is 66.4 cm³/mol. The highest BCUT2D eigenvalue weighted by atomic mass is 32.1. The molecule has 0 fully saturated rings. The fourth-order valence-electron chi connectivity index (χ4n) is 1.63. The Morgan fingerprint density at radius 3 is 2.80 bits per heavy atom. The molecule has 1 heterocycles. The van der Waals surface area contributed by atoms with Crippen molar-refractivity contribution in [2.24, 2.45) is 0 Å². The van der Waals surface area contributed by atoms with E-state index < -0.39 is 0 Å². The molecule has 1 aromatic heterocycles. The first-order chi connectivity index (χ1) is 7.19. The van der Waals surface area contributed by atoms with Gasteiger partial charge in [0, 0.05) is 6.54 Å². The number of aromatic nitrogens is 1. The van der Waals surface area contributed by atoms with Crippen LogP contribution in [0.2, 0.25) is 0 Å². The molecule has 3 heteroatoms.